The smallest absolute Gasteiger partial charge is 0.414 e. The molecule has 0 aromatic carbocycles. The van der Waals surface area contributed by atoms with Crippen LogP contribution in [0.2, 0.25) is 0 Å². The SMILES string of the molecule is C=C1OC(c2cc([N+](=O)[O-])c(C)s2)=NS1.C=C1OC(c2cc([N+](=O)[O-])cs2)=NS1.C=C1OC(c2ccc(C)s2)=NS1.C=C1OC(c2ccco2)=NS1.O=c1oc(-c2cccs2)ns1. The number of rotatable bonds is 7. The summed E-state index contributed by atoms with van der Waals surface area (Å²) in [5.74, 6) is 3.02. The van der Waals surface area contributed by atoms with E-state index in [0.29, 0.717) is 70.2 Å². The average Bonchev–Trinajstić information content (AvgIpc) is 4.08. The van der Waals surface area contributed by atoms with E-state index in [1.165, 1.54) is 80.3 Å². The van der Waals surface area contributed by atoms with Crippen molar-refractivity contribution in [3.63, 3.8) is 0 Å². The number of hydrogen-bond acceptors (Lipinski definition) is 25. The topological polar surface area (TPSA) is 229 Å². The molecule has 6 aromatic heterocycles. The lowest BCUT2D eigenvalue weighted by molar-refractivity contribution is -0.385. The van der Waals surface area contributed by atoms with E-state index in [1.807, 2.05) is 23.6 Å². The van der Waals surface area contributed by atoms with Gasteiger partial charge in [-0.15, -0.1) is 49.7 Å². The maximum absolute atomic E-state index is 10.6. The first-order chi connectivity index (χ1) is 30.2. The summed E-state index contributed by atoms with van der Waals surface area (Å²) in [7, 11) is 0. The van der Waals surface area contributed by atoms with Gasteiger partial charge < -0.3 is 27.8 Å². The van der Waals surface area contributed by atoms with Gasteiger partial charge in [0, 0.05) is 17.0 Å². The van der Waals surface area contributed by atoms with Crippen LogP contribution >= 0.6 is 105 Å². The zero-order chi connectivity index (χ0) is 45.0. The average molecular weight is 1020 g/mol. The summed E-state index contributed by atoms with van der Waals surface area (Å²) in [6.07, 6.45) is 1.58. The molecule has 4 aliphatic heterocycles. The van der Waals surface area contributed by atoms with Crippen molar-refractivity contribution in [3.8, 4) is 10.8 Å². The van der Waals surface area contributed by atoms with E-state index in [-0.39, 0.29) is 16.3 Å². The van der Waals surface area contributed by atoms with Crippen molar-refractivity contribution in [3.05, 3.63) is 172 Å². The highest BCUT2D eigenvalue weighted by Crippen LogP contribution is 2.35. The molecule has 0 aliphatic carbocycles. The number of furan rings is 1. The van der Waals surface area contributed by atoms with Crippen LogP contribution in [0, 0.1) is 34.1 Å². The van der Waals surface area contributed by atoms with Gasteiger partial charge in [-0.05, 0) is 75.9 Å². The van der Waals surface area contributed by atoms with Crippen molar-refractivity contribution in [2.45, 2.75) is 13.8 Å². The number of nitrogens with zero attached hydrogens (tertiary/aromatic N) is 7. The molecule has 0 bridgehead atoms. The third-order valence-corrected chi connectivity index (χ3v) is 13.3. The molecule has 0 unspecified atom stereocenters. The molecular formula is C36H25N7O11S9. The Bertz CT molecular complexity index is 2850. The van der Waals surface area contributed by atoms with Gasteiger partial charge in [0.2, 0.25) is 17.7 Å². The van der Waals surface area contributed by atoms with E-state index < -0.39 is 9.85 Å². The lowest BCUT2D eigenvalue weighted by Crippen LogP contribution is -1.96. The molecule has 324 valence electrons. The van der Waals surface area contributed by atoms with Crippen molar-refractivity contribution in [1.29, 1.82) is 0 Å². The van der Waals surface area contributed by atoms with Crippen molar-refractivity contribution in [1.82, 2.24) is 4.37 Å². The zero-order valence-corrected chi connectivity index (χ0v) is 39.3. The van der Waals surface area contributed by atoms with E-state index in [9.17, 15) is 25.0 Å². The molecule has 10 rings (SSSR count). The van der Waals surface area contributed by atoms with Gasteiger partial charge in [0.1, 0.15) is 0 Å². The Morgan fingerprint density at radius 1 is 0.651 bits per heavy atom. The van der Waals surface area contributed by atoms with Crippen LogP contribution in [-0.4, -0.2) is 37.8 Å². The van der Waals surface area contributed by atoms with Crippen LogP contribution in [0.15, 0.2) is 143 Å². The minimum atomic E-state index is -0.447. The second-order valence-corrected chi connectivity index (χ2v) is 19.7. The lowest BCUT2D eigenvalue weighted by Gasteiger charge is -1.94. The minimum Gasteiger partial charge on any atom is -0.459 e. The van der Waals surface area contributed by atoms with Crippen LogP contribution in [0.3, 0.4) is 0 Å². The van der Waals surface area contributed by atoms with Crippen molar-refractivity contribution in [2.24, 2.45) is 17.6 Å². The molecule has 10 heterocycles. The summed E-state index contributed by atoms with van der Waals surface area (Å²) in [6.45, 7) is 18.2. The quantitative estimate of drug-likeness (QED) is 0.0822. The standard InChI is InChI=1S/C8H6N2O3S2.C8H7NOS2.C7H4N2O3S2.C7H5NO2S.C6H3NO2S2/c1-4-6(10(11)12)3-7(14-4)8-9-15-5(2)13-8;1-5-3-4-7(11-5)8-9-12-6(2)10-8;1-4-12-7(8-14-4)6-2-5(3-13-6)9(10)11;1-5-10-7(8-11-5)6-3-2-4-9-6;8-6-9-5(7-11-6)4-2-1-3-10-4/h3H,2H2,1H3;3-4H,2H2,1H3;2-3H,1H2;2-4H,1H2;1-3H. The van der Waals surface area contributed by atoms with Crippen LogP contribution in [-0.2, 0) is 18.9 Å². The summed E-state index contributed by atoms with van der Waals surface area (Å²) < 4.78 is 50.5. The van der Waals surface area contributed by atoms with Gasteiger partial charge in [0.25, 0.3) is 23.2 Å². The van der Waals surface area contributed by atoms with Gasteiger partial charge in [-0.2, -0.15) is 17.6 Å². The monoisotopic (exact) mass is 1020 g/mol. The highest BCUT2D eigenvalue weighted by atomic mass is 32.2. The van der Waals surface area contributed by atoms with E-state index >= 15 is 0 Å². The molecule has 0 radical (unpaired) electrons. The van der Waals surface area contributed by atoms with Gasteiger partial charge in [0.15, 0.2) is 26.1 Å². The Morgan fingerprint density at radius 3 is 1.68 bits per heavy atom. The molecule has 0 spiro atoms. The van der Waals surface area contributed by atoms with Gasteiger partial charge in [0.05, 0.1) is 105 Å². The number of aryl methyl sites for hydroxylation is 2. The van der Waals surface area contributed by atoms with Gasteiger partial charge in [-0.1, -0.05) is 6.07 Å². The molecule has 63 heavy (non-hydrogen) atoms. The fourth-order valence-corrected chi connectivity index (χ4v) is 9.78. The molecule has 6 aromatic rings. The number of nitro groups is 2. The molecule has 0 atom stereocenters. The maximum Gasteiger partial charge on any atom is 0.414 e. The van der Waals surface area contributed by atoms with Crippen LogP contribution in [0.4, 0.5) is 11.4 Å². The highest BCUT2D eigenvalue weighted by Gasteiger charge is 2.23. The van der Waals surface area contributed by atoms with Crippen LogP contribution in [0.1, 0.15) is 30.1 Å². The molecule has 0 saturated carbocycles. The first kappa shape index (κ1) is 47.0. The van der Waals surface area contributed by atoms with E-state index in [0.717, 1.165) is 45.2 Å². The Hall–Kier alpha value is -5.52. The van der Waals surface area contributed by atoms with Gasteiger partial charge >= 0.3 is 4.94 Å². The predicted octanol–water partition coefficient (Wildman–Crippen LogP) is 12.4. The summed E-state index contributed by atoms with van der Waals surface area (Å²) in [4.78, 5) is 35.6. The fourth-order valence-electron chi connectivity index (χ4n) is 4.26. The highest BCUT2D eigenvalue weighted by molar-refractivity contribution is 8.02. The van der Waals surface area contributed by atoms with E-state index in [4.69, 9.17) is 27.8 Å². The summed E-state index contributed by atoms with van der Waals surface area (Å²) in [6, 6.07) is 14.3. The van der Waals surface area contributed by atoms with Crippen LogP contribution < -0.4 is 4.94 Å². The molecule has 0 N–H and O–H groups in total. The van der Waals surface area contributed by atoms with Gasteiger partial charge in [-0.3, -0.25) is 20.2 Å². The molecule has 4 aliphatic rings. The molecular weight excluding hydrogens is 995 g/mol. The lowest BCUT2D eigenvalue weighted by atomic mass is 10.4. The second kappa shape index (κ2) is 22.2. The normalized spacial score (nSPS) is 14.6. The molecule has 0 fully saturated rings. The Kier molecular flexibility index (Phi) is 16.6. The Labute approximate surface area is 393 Å². The second-order valence-electron chi connectivity index (χ2n) is 11.3. The fraction of sp³-hybridized carbons (Fsp3) is 0.0556. The molecule has 18 nitrogen and oxygen atoms in total. The molecule has 0 amide bonds. The first-order valence-electron chi connectivity index (χ1n) is 16.8. The van der Waals surface area contributed by atoms with Crippen LogP contribution in [0.25, 0.3) is 10.8 Å². The van der Waals surface area contributed by atoms with Crippen molar-refractivity contribution >= 4 is 140 Å². The maximum atomic E-state index is 10.6. The third kappa shape index (κ3) is 13.5. The van der Waals surface area contributed by atoms with Crippen molar-refractivity contribution in [2.75, 3.05) is 0 Å². The summed E-state index contributed by atoms with van der Waals surface area (Å²) in [5, 5.41) is 26.6. The predicted molar refractivity (Wildman–Crippen MR) is 256 cm³/mol. The molecule has 0 saturated heterocycles. The number of hydrogen-bond donors (Lipinski definition) is 0. The molecule has 27 heteroatoms. The number of thiophene rings is 4. The van der Waals surface area contributed by atoms with Crippen LogP contribution in [0.5, 0.6) is 0 Å². The van der Waals surface area contributed by atoms with E-state index in [1.54, 1.807) is 36.7 Å². The minimum absolute atomic E-state index is 0.0545. The first-order valence-corrected chi connectivity index (χ1v) is 24.0. The summed E-state index contributed by atoms with van der Waals surface area (Å²) in [5.41, 5.74) is 0.155. The largest absolute Gasteiger partial charge is 0.459 e. The van der Waals surface area contributed by atoms with E-state index in [2.05, 4.69) is 61.3 Å². The Balaban J connectivity index is 0.000000132. The number of aromatic nitrogens is 1. The van der Waals surface area contributed by atoms with Crippen molar-refractivity contribution < 1.29 is 37.6 Å². The van der Waals surface area contributed by atoms with Gasteiger partial charge in [-0.25, -0.2) is 4.79 Å². The zero-order valence-electron chi connectivity index (χ0n) is 32.0. The third-order valence-electron chi connectivity index (χ3n) is 6.87. The number of ether oxygens (including phenoxy) is 4. The summed E-state index contributed by atoms with van der Waals surface area (Å²) >= 11 is 11.3. The Morgan fingerprint density at radius 2 is 1.25 bits per heavy atom.